The average Bonchev–Trinajstić information content (AvgIpc) is 3.85. The molecule has 0 bridgehead atoms. The Kier molecular flexibility index (Phi) is 5.98. The van der Waals surface area contributed by atoms with E-state index >= 15 is 0 Å². The average molecular weight is 519 g/mol. The smallest absolute Gasteiger partial charge is 0.125 e. The number of rotatable bonds is 8. The minimum Gasteiger partial charge on any atom is -0.490 e. The molecule has 2 heterocycles. The summed E-state index contributed by atoms with van der Waals surface area (Å²) in [5.74, 6) is 1.94. The molecule has 2 saturated heterocycles. The molecule has 7 rings (SSSR count). The van der Waals surface area contributed by atoms with E-state index in [0.717, 1.165) is 53.4 Å². The van der Waals surface area contributed by atoms with Crippen LogP contribution < -0.4 is 9.47 Å². The fraction of sp³-hybridized carbons (Fsp3) is 0.314. The van der Waals surface area contributed by atoms with Crippen LogP contribution in [0.4, 0.5) is 0 Å². The van der Waals surface area contributed by atoms with Crippen LogP contribution in [0.2, 0.25) is 0 Å². The van der Waals surface area contributed by atoms with E-state index in [0.29, 0.717) is 13.2 Å². The third-order valence-corrected chi connectivity index (χ3v) is 8.14. The van der Waals surface area contributed by atoms with Gasteiger partial charge in [0.2, 0.25) is 0 Å². The second-order valence-electron chi connectivity index (χ2n) is 11.3. The lowest BCUT2D eigenvalue weighted by molar-refractivity contribution is 0.260. The van der Waals surface area contributed by atoms with Gasteiger partial charge in [0.1, 0.15) is 36.9 Å². The molecule has 0 aromatic heterocycles. The molecular weight excluding hydrogens is 484 g/mol. The van der Waals surface area contributed by atoms with Gasteiger partial charge in [-0.25, -0.2) is 0 Å². The van der Waals surface area contributed by atoms with E-state index in [-0.39, 0.29) is 12.2 Å². The van der Waals surface area contributed by atoms with Crippen molar-refractivity contribution in [2.75, 3.05) is 26.4 Å². The van der Waals surface area contributed by atoms with Gasteiger partial charge in [-0.05, 0) is 125 Å². The molecular formula is C35H34O4. The van der Waals surface area contributed by atoms with Gasteiger partial charge < -0.3 is 18.9 Å². The van der Waals surface area contributed by atoms with E-state index in [9.17, 15) is 0 Å². The number of epoxide rings is 2. The zero-order valence-electron chi connectivity index (χ0n) is 23.1. The molecule has 0 radical (unpaired) electrons. The zero-order valence-corrected chi connectivity index (χ0v) is 23.1. The Morgan fingerprint density at radius 3 is 1.72 bits per heavy atom. The Labute approximate surface area is 230 Å². The first-order valence-electron chi connectivity index (χ1n) is 13.9. The summed E-state index contributed by atoms with van der Waals surface area (Å²) >= 11 is 0. The number of benzene rings is 4. The minimum atomic E-state index is 0.237. The fourth-order valence-corrected chi connectivity index (χ4v) is 6.12. The summed E-state index contributed by atoms with van der Waals surface area (Å²) in [5, 5.41) is 0. The van der Waals surface area contributed by atoms with E-state index in [1.165, 1.54) is 44.5 Å². The van der Waals surface area contributed by atoms with E-state index in [1.807, 2.05) is 0 Å². The highest BCUT2D eigenvalue weighted by Crippen LogP contribution is 2.47. The van der Waals surface area contributed by atoms with Gasteiger partial charge in [0.15, 0.2) is 0 Å². The highest BCUT2D eigenvalue weighted by atomic mass is 16.6. The van der Waals surface area contributed by atoms with Crippen molar-refractivity contribution < 1.29 is 18.9 Å². The molecule has 2 aliphatic heterocycles. The molecule has 0 N–H and O–H groups in total. The molecule has 1 aliphatic carbocycles. The highest BCUT2D eigenvalue weighted by molar-refractivity contribution is 5.94. The van der Waals surface area contributed by atoms with Crippen LogP contribution >= 0.6 is 0 Å². The van der Waals surface area contributed by atoms with Crippen molar-refractivity contribution in [3.63, 3.8) is 0 Å². The topological polar surface area (TPSA) is 43.5 Å². The van der Waals surface area contributed by atoms with Gasteiger partial charge in [-0.3, -0.25) is 0 Å². The lowest BCUT2D eigenvalue weighted by atomic mass is 9.86. The molecule has 4 aromatic rings. The lowest BCUT2D eigenvalue weighted by Gasteiger charge is -2.20. The Morgan fingerprint density at radius 2 is 1.15 bits per heavy atom. The summed E-state index contributed by atoms with van der Waals surface area (Å²) < 4.78 is 23.1. The largest absolute Gasteiger partial charge is 0.490 e. The number of hydrogen-bond acceptors (Lipinski definition) is 4. The third-order valence-electron chi connectivity index (χ3n) is 8.14. The maximum atomic E-state index is 6.18. The molecule has 2 fully saturated rings. The monoisotopic (exact) mass is 518 g/mol. The van der Waals surface area contributed by atoms with E-state index < -0.39 is 0 Å². The van der Waals surface area contributed by atoms with Crippen molar-refractivity contribution in [1.82, 2.24) is 0 Å². The van der Waals surface area contributed by atoms with Crippen LogP contribution in [0.3, 0.4) is 0 Å². The SMILES string of the molecule is Cc1cc(-c2ccc3c(c2-c2cc(C)c(OCC4CO4)c(C)c2)Cc2ccccc2-3)cc(C)c1OCC1CO1. The predicted octanol–water partition coefficient (Wildman–Crippen LogP) is 7.38. The Hall–Kier alpha value is -3.60. The molecule has 4 heteroatoms. The van der Waals surface area contributed by atoms with Crippen LogP contribution in [0.25, 0.3) is 33.4 Å². The van der Waals surface area contributed by atoms with Gasteiger partial charge in [-0.2, -0.15) is 0 Å². The fourth-order valence-electron chi connectivity index (χ4n) is 6.12. The number of aryl methyl sites for hydroxylation is 4. The first-order chi connectivity index (χ1) is 19.0. The van der Waals surface area contributed by atoms with E-state index in [2.05, 4.69) is 88.4 Å². The summed E-state index contributed by atoms with van der Waals surface area (Å²) in [6.07, 6.45) is 1.41. The van der Waals surface area contributed by atoms with Crippen LogP contribution in [-0.2, 0) is 15.9 Å². The van der Waals surface area contributed by atoms with Crippen molar-refractivity contribution in [2.45, 2.75) is 46.3 Å². The normalized spacial score (nSPS) is 18.5. The van der Waals surface area contributed by atoms with Crippen molar-refractivity contribution in [3.8, 4) is 44.9 Å². The standard InChI is InChI=1S/C35H34O4/c1-20-11-25(12-21(2)34(20)38-18-27-16-36-27)30-9-10-31-29-8-6-5-7-24(29)15-32(31)33(30)26-13-22(3)35(23(4)14-26)39-19-28-17-37-28/h5-14,27-28H,15-19H2,1-4H3. The van der Waals surface area contributed by atoms with Crippen LogP contribution in [-0.4, -0.2) is 38.6 Å². The van der Waals surface area contributed by atoms with Gasteiger partial charge >= 0.3 is 0 Å². The summed E-state index contributed by atoms with van der Waals surface area (Å²) in [5.41, 5.74) is 15.1. The van der Waals surface area contributed by atoms with Crippen LogP contribution in [0.15, 0.2) is 60.7 Å². The molecule has 2 unspecified atom stereocenters. The minimum absolute atomic E-state index is 0.237. The van der Waals surface area contributed by atoms with Crippen LogP contribution in [0.5, 0.6) is 11.5 Å². The Bertz CT molecular complexity index is 1550. The van der Waals surface area contributed by atoms with Gasteiger partial charge in [-0.15, -0.1) is 0 Å². The summed E-state index contributed by atoms with van der Waals surface area (Å²) in [6, 6.07) is 22.6. The summed E-state index contributed by atoms with van der Waals surface area (Å²) in [7, 11) is 0. The van der Waals surface area contributed by atoms with E-state index in [1.54, 1.807) is 0 Å². The maximum absolute atomic E-state index is 6.18. The predicted molar refractivity (Wildman–Crippen MR) is 155 cm³/mol. The van der Waals surface area contributed by atoms with Crippen LogP contribution in [0, 0.1) is 27.7 Å². The zero-order chi connectivity index (χ0) is 26.7. The molecule has 198 valence electrons. The Morgan fingerprint density at radius 1 is 0.641 bits per heavy atom. The molecule has 0 spiro atoms. The van der Waals surface area contributed by atoms with Crippen molar-refractivity contribution in [3.05, 3.63) is 94.0 Å². The van der Waals surface area contributed by atoms with Crippen molar-refractivity contribution in [1.29, 1.82) is 0 Å². The summed E-state index contributed by atoms with van der Waals surface area (Å²) in [6.45, 7) is 11.4. The second kappa shape index (κ2) is 9.55. The molecule has 0 amide bonds. The van der Waals surface area contributed by atoms with Gasteiger partial charge in [0, 0.05) is 0 Å². The molecule has 4 nitrogen and oxygen atoms in total. The van der Waals surface area contributed by atoms with Crippen LogP contribution in [0.1, 0.15) is 33.4 Å². The lowest BCUT2D eigenvalue weighted by Crippen LogP contribution is -2.07. The molecule has 39 heavy (non-hydrogen) atoms. The summed E-state index contributed by atoms with van der Waals surface area (Å²) in [4.78, 5) is 0. The molecule has 2 atom stereocenters. The quantitative estimate of drug-likeness (QED) is 0.201. The second-order valence-corrected chi connectivity index (χ2v) is 11.3. The molecule has 4 aromatic carbocycles. The van der Waals surface area contributed by atoms with Crippen molar-refractivity contribution in [2.24, 2.45) is 0 Å². The maximum Gasteiger partial charge on any atom is 0.125 e. The highest BCUT2D eigenvalue weighted by Gasteiger charge is 2.27. The Balaban J connectivity index is 1.36. The van der Waals surface area contributed by atoms with Gasteiger partial charge in [-0.1, -0.05) is 36.4 Å². The van der Waals surface area contributed by atoms with Gasteiger partial charge in [0.05, 0.1) is 13.2 Å². The molecule has 3 aliphatic rings. The van der Waals surface area contributed by atoms with Gasteiger partial charge in [0.25, 0.3) is 0 Å². The first-order valence-corrected chi connectivity index (χ1v) is 13.9. The third kappa shape index (κ3) is 4.62. The molecule has 0 saturated carbocycles. The van der Waals surface area contributed by atoms with E-state index in [4.69, 9.17) is 18.9 Å². The number of ether oxygens (including phenoxy) is 4. The number of fused-ring (bicyclic) bond motifs is 3. The first kappa shape index (κ1) is 24.4. The van der Waals surface area contributed by atoms with Crippen molar-refractivity contribution >= 4 is 0 Å². The number of hydrogen-bond donors (Lipinski definition) is 0.